The molecule has 1 heterocycles. The fourth-order valence-electron chi connectivity index (χ4n) is 4.86. The number of nitrogens with zero attached hydrogens (tertiary/aromatic N) is 1. The van der Waals surface area contributed by atoms with Crippen LogP contribution in [0.2, 0.25) is 0 Å². The molecule has 1 aliphatic carbocycles. The second-order valence-corrected chi connectivity index (χ2v) is 10.9. The average molecular weight is 471 g/mol. The van der Waals surface area contributed by atoms with E-state index < -0.39 is 10.0 Å². The maximum Gasteiger partial charge on any atom is 0.257 e. The standard InChI is InChI=1S/C26H34N2O4S/c1-19(21-12-11-20-9-5-6-10-22(20)17-21)27-33(30,31)23-13-14-25(32-2)24(18-23)26(29)28-15-7-3-4-8-16-28/h11-14,17-19,27H,3-10,15-16H2,1-2H3. The zero-order chi connectivity index (χ0) is 23.4. The van der Waals surface area contributed by atoms with Crippen LogP contribution >= 0.6 is 0 Å². The number of benzene rings is 2. The first-order valence-electron chi connectivity index (χ1n) is 12.0. The molecule has 0 radical (unpaired) electrons. The Morgan fingerprint density at radius 2 is 1.64 bits per heavy atom. The number of fused-ring (bicyclic) bond motifs is 1. The van der Waals surface area contributed by atoms with Gasteiger partial charge in [0.25, 0.3) is 5.91 Å². The van der Waals surface area contributed by atoms with Crippen molar-refractivity contribution in [3.63, 3.8) is 0 Å². The molecule has 1 unspecified atom stereocenters. The number of rotatable bonds is 6. The Labute approximate surface area is 197 Å². The van der Waals surface area contributed by atoms with Crippen molar-refractivity contribution in [2.45, 2.75) is 69.2 Å². The lowest BCUT2D eigenvalue weighted by Crippen LogP contribution is -2.32. The van der Waals surface area contributed by atoms with Gasteiger partial charge in [0.15, 0.2) is 0 Å². The third-order valence-corrected chi connectivity index (χ3v) is 8.35. The molecule has 0 saturated carbocycles. The van der Waals surface area contributed by atoms with Crippen molar-refractivity contribution in [3.8, 4) is 5.75 Å². The smallest absolute Gasteiger partial charge is 0.257 e. The fraction of sp³-hybridized carbons (Fsp3) is 0.500. The van der Waals surface area contributed by atoms with Crippen molar-refractivity contribution in [2.75, 3.05) is 20.2 Å². The molecule has 6 nitrogen and oxygen atoms in total. The molecule has 178 valence electrons. The highest BCUT2D eigenvalue weighted by molar-refractivity contribution is 7.89. The van der Waals surface area contributed by atoms with E-state index in [2.05, 4.69) is 16.9 Å². The highest BCUT2D eigenvalue weighted by Crippen LogP contribution is 2.28. The molecule has 7 heteroatoms. The van der Waals surface area contributed by atoms with Gasteiger partial charge in [0.2, 0.25) is 10.0 Å². The van der Waals surface area contributed by atoms with Crippen LogP contribution in [0.1, 0.15) is 78.5 Å². The molecule has 1 atom stereocenters. The quantitative estimate of drug-likeness (QED) is 0.668. The summed E-state index contributed by atoms with van der Waals surface area (Å²) in [6.07, 6.45) is 8.68. The lowest BCUT2D eigenvalue weighted by Gasteiger charge is -2.22. The molecule has 2 aliphatic rings. The summed E-state index contributed by atoms with van der Waals surface area (Å²) in [4.78, 5) is 15.1. The number of sulfonamides is 1. The second-order valence-electron chi connectivity index (χ2n) is 9.15. The number of amides is 1. The van der Waals surface area contributed by atoms with Crippen LogP contribution in [-0.4, -0.2) is 39.4 Å². The molecule has 0 bridgehead atoms. The molecule has 1 fully saturated rings. The maximum absolute atomic E-state index is 13.2. The summed E-state index contributed by atoms with van der Waals surface area (Å²) in [6.45, 7) is 3.23. The number of hydrogen-bond donors (Lipinski definition) is 1. The van der Waals surface area contributed by atoms with Crippen molar-refractivity contribution in [1.82, 2.24) is 9.62 Å². The maximum atomic E-state index is 13.2. The molecule has 0 aromatic heterocycles. The van der Waals surface area contributed by atoms with E-state index in [4.69, 9.17) is 4.74 Å². The summed E-state index contributed by atoms with van der Waals surface area (Å²) in [6, 6.07) is 10.4. The summed E-state index contributed by atoms with van der Waals surface area (Å²) in [5, 5.41) is 0. The van der Waals surface area contributed by atoms with E-state index in [1.807, 2.05) is 17.9 Å². The van der Waals surface area contributed by atoms with Gasteiger partial charge in [0, 0.05) is 19.1 Å². The highest BCUT2D eigenvalue weighted by atomic mass is 32.2. The van der Waals surface area contributed by atoms with Gasteiger partial charge in [-0.15, -0.1) is 0 Å². The van der Waals surface area contributed by atoms with Crippen molar-refractivity contribution >= 4 is 15.9 Å². The van der Waals surface area contributed by atoms with Crippen molar-refractivity contribution < 1.29 is 17.9 Å². The highest BCUT2D eigenvalue weighted by Gasteiger charge is 2.25. The van der Waals surface area contributed by atoms with Crippen LogP contribution in [-0.2, 0) is 22.9 Å². The second kappa shape index (κ2) is 10.3. The fourth-order valence-corrected chi connectivity index (χ4v) is 6.11. The van der Waals surface area contributed by atoms with Gasteiger partial charge in [0.05, 0.1) is 17.6 Å². The molecule has 1 saturated heterocycles. The summed E-state index contributed by atoms with van der Waals surface area (Å²) in [5.41, 5.74) is 3.93. The normalized spacial score (nSPS) is 17.7. The number of carbonyl (C=O) groups is 1. The number of hydrogen-bond acceptors (Lipinski definition) is 4. The van der Waals surface area contributed by atoms with Crippen LogP contribution in [0.5, 0.6) is 5.75 Å². The summed E-state index contributed by atoms with van der Waals surface area (Å²) < 4.78 is 34.7. The summed E-state index contributed by atoms with van der Waals surface area (Å²) in [5.74, 6) is 0.222. The minimum atomic E-state index is -3.82. The molecule has 1 N–H and O–H groups in total. The van der Waals surface area contributed by atoms with Gasteiger partial charge >= 0.3 is 0 Å². The lowest BCUT2D eigenvalue weighted by molar-refractivity contribution is 0.0758. The van der Waals surface area contributed by atoms with E-state index in [1.54, 1.807) is 6.07 Å². The van der Waals surface area contributed by atoms with Gasteiger partial charge in [-0.05, 0) is 80.3 Å². The van der Waals surface area contributed by atoms with Crippen molar-refractivity contribution in [3.05, 3.63) is 58.7 Å². The lowest BCUT2D eigenvalue weighted by atomic mass is 9.89. The summed E-state index contributed by atoms with van der Waals surface area (Å²) in [7, 11) is -2.33. The Morgan fingerprint density at radius 1 is 0.939 bits per heavy atom. The first-order chi connectivity index (χ1) is 15.9. The van der Waals surface area contributed by atoms with Crippen LogP contribution in [0.4, 0.5) is 0 Å². The van der Waals surface area contributed by atoms with Crippen LogP contribution in [0, 0.1) is 0 Å². The number of ether oxygens (including phenoxy) is 1. The molecule has 1 amide bonds. The minimum Gasteiger partial charge on any atom is -0.496 e. The molecular weight excluding hydrogens is 436 g/mol. The number of likely N-dealkylation sites (tertiary alicyclic amines) is 1. The molecule has 2 aromatic rings. The first-order valence-corrected chi connectivity index (χ1v) is 13.5. The number of aryl methyl sites for hydroxylation is 2. The monoisotopic (exact) mass is 470 g/mol. The number of nitrogens with one attached hydrogen (secondary N) is 1. The Morgan fingerprint density at radius 3 is 2.33 bits per heavy atom. The van der Waals surface area contributed by atoms with E-state index in [9.17, 15) is 13.2 Å². The first kappa shape index (κ1) is 23.8. The zero-order valence-corrected chi connectivity index (χ0v) is 20.4. The predicted molar refractivity (Wildman–Crippen MR) is 129 cm³/mol. The molecular formula is C26H34N2O4S. The minimum absolute atomic E-state index is 0.0753. The Kier molecular flexibility index (Phi) is 7.39. The Bertz CT molecular complexity index is 1110. The topological polar surface area (TPSA) is 75.7 Å². The van der Waals surface area contributed by atoms with Gasteiger partial charge in [-0.3, -0.25) is 4.79 Å². The Balaban J connectivity index is 1.57. The van der Waals surface area contributed by atoms with E-state index in [1.165, 1.54) is 43.2 Å². The average Bonchev–Trinajstić information content (AvgIpc) is 3.12. The van der Waals surface area contributed by atoms with Crippen LogP contribution in [0.3, 0.4) is 0 Å². The Hall–Kier alpha value is -2.38. The van der Waals surface area contributed by atoms with Crippen LogP contribution < -0.4 is 9.46 Å². The van der Waals surface area contributed by atoms with E-state index in [0.29, 0.717) is 24.4 Å². The van der Waals surface area contributed by atoms with E-state index in [-0.39, 0.29) is 16.8 Å². The molecule has 33 heavy (non-hydrogen) atoms. The SMILES string of the molecule is COc1ccc(S(=O)(=O)NC(C)c2ccc3c(c2)CCCC3)cc1C(=O)N1CCCCCC1. The number of methoxy groups -OCH3 is 1. The summed E-state index contributed by atoms with van der Waals surface area (Å²) >= 11 is 0. The van der Waals surface area contributed by atoms with Gasteiger partial charge in [0.1, 0.15) is 5.75 Å². The van der Waals surface area contributed by atoms with Crippen molar-refractivity contribution in [2.24, 2.45) is 0 Å². The predicted octanol–water partition coefficient (Wildman–Crippen LogP) is 4.63. The third kappa shape index (κ3) is 5.41. The molecule has 1 aliphatic heterocycles. The van der Waals surface area contributed by atoms with Gasteiger partial charge in [-0.1, -0.05) is 31.0 Å². The molecule has 0 spiro atoms. The largest absolute Gasteiger partial charge is 0.496 e. The van der Waals surface area contributed by atoms with Crippen LogP contribution in [0.25, 0.3) is 0 Å². The van der Waals surface area contributed by atoms with Gasteiger partial charge in [-0.25, -0.2) is 13.1 Å². The van der Waals surface area contributed by atoms with Crippen LogP contribution in [0.15, 0.2) is 41.3 Å². The zero-order valence-electron chi connectivity index (χ0n) is 19.6. The van der Waals surface area contributed by atoms with Gasteiger partial charge in [-0.2, -0.15) is 0 Å². The van der Waals surface area contributed by atoms with Gasteiger partial charge < -0.3 is 9.64 Å². The van der Waals surface area contributed by atoms with E-state index in [0.717, 1.165) is 44.1 Å². The molecule has 4 rings (SSSR count). The van der Waals surface area contributed by atoms with E-state index >= 15 is 0 Å². The number of carbonyl (C=O) groups excluding carboxylic acids is 1. The molecule has 2 aromatic carbocycles. The van der Waals surface area contributed by atoms with Crippen molar-refractivity contribution in [1.29, 1.82) is 0 Å². The third-order valence-electron chi connectivity index (χ3n) is 6.81.